The molecule has 0 saturated heterocycles. The first kappa shape index (κ1) is 26.3. The second-order valence-electron chi connectivity index (χ2n) is 7.83. The molecule has 3 atom stereocenters. The summed E-state index contributed by atoms with van der Waals surface area (Å²) >= 11 is 0. The van der Waals surface area contributed by atoms with Crippen molar-refractivity contribution in [2.45, 2.75) is 62.2 Å². The maximum atomic E-state index is 14.9. The Bertz CT molecular complexity index is 831. The predicted octanol–water partition coefficient (Wildman–Crippen LogP) is 3.53. The Hall–Kier alpha value is -1.95. The molecule has 0 aromatic carbocycles. The van der Waals surface area contributed by atoms with Crippen LogP contribution in [-0.2, 0) is 0 Å². The van der Waals surface area contributed by atoms with Gasteiger partial charge in [0.1, 0.15) is 17.9 Å². The fraction of sp³-hybridized carbons (Fsp3) is 0.706. The quantitative estimate of drug-likeness (QED) is 0.499. The summed E-state index contributed by atoms with van der Waals surface area (Å²) in [6, 6.07) is -4.19. The standard InChI is InChI=1S/C17H19B3F7N5/c1-7(16(22,23)24)31(3)13-28-12(9-5-6-15(19,20)11(18)10(9)21)29-14(30-13)32(4)8(2)17(25,26)27/h7-8,11H,5-6H2,1-4H3/t7-,8-,11+/m1/s1. The van der Waals surface area contributed by atoms with E-state index in [2.05, 4.69) is 15.0 Å². The van der Waals surface area contributed by atoms with E-state index in [1.165, 1.54) is 0 Å². The Balaban J connectivity index is 2.66. The van der Waals surface area contributed by atoms with Gasteiger partial charge in [-0.05, 0) is 26.1 Å². The molecular weight excluding hydrogens is 440 g/mol. The van der Waals surface area contributed by atoms with Gasteiger partial charge in [-0.25, -0.2) is 4.39 Å². The summed E-state index contributed by atoms with van der Waals surface area (Å²) in [6.07, 6.45) is -9.53. The highest BCUT2D eigenvalue weighted by Crippen LogP contribution is 2.50. The van der Waals surface area contributed by atoms with Crippen LogP contribution in [0.4, 0.5) is 42.6 Å². The number of allylic oxidation sites excluding steroid dienone is 2. The Morgan fingerprint density at radius 2 is 1.31 bits per heavy atom. The van der Waals surface area contributed by atoms with Crippen LogP contribution in [0, 0.1) is 0 Å². The van der Waals surface area contributed by atoms with Gasteiger partial charge in [-0.15, -0.1) is 0 Å². The van der Waals surface area contributed by atoms with Gasteiger partial charge in [0.05, 0.1) is 23.5 Å². The van der Waals surface area contributed by atoms with Crippen molar-refractivity contribution in [1.82, 2.24) is 15.0 Å². The topological polar surface area (TPSA) is 45.2 Å². The van der Waals surface area contributed by atoms with Crippen LogP contribution in [0.5, 0.6) is 0 Å². The molecule has 1 aromatic heterocycles. The zero-order valence-corrected chi connectivity index (χ0v) is 17.8. The minimum Gasteiger partial charge on any atom is -0.332 e. The lowest BCUT2D eigenvalue weighted by Gasteiger charge is -2.38. The third-order valence-electron chi connectivity index (χ3n) is 5.57. The van der Waals surface area contributed by atoms with E-state index in [0.717, 1.165) is 27.9 Å². The van der Waals surface area contributed by atoms with Gasteiger partial charge in [0.25, 0.3) is 0 Å². The predicted molar refractivity (Wildman–Crippen MR) is 109 cm³/mol. The van der Waals surface area contributed by atoms with Gasteiger partial charge in [-0.2, -0.15) is 41.3 Å². The van der Waals surface area contributed by atoms with Crippen LogP contribution in [0.1, 0.15) is 32.5 Å². The fourth-order valence-corrected chi connectivity index (χ4v) is 2.85. The molecule has 1 aliphatic carbocycles. The van der Waals surface area contributed by atoms with Gasteiger partial charge in [0.15, 0.2) is 5.82 Å². The van der Waals surface area contributed by atoms with E-state index in [1.807, 2.05) is 0 Å². The van der Waals surface area contributed by atoms with Gasteiger partial charge in [-0.1, -0.05) is 11.6 Å². The molecule has 2 rings (SSSR count). The summed E-state index contributed by atoms with van der Waals surface area (Å²) in [4.78, 5) is 12.8. The number of aromatic nitrogens is 3. The van der Waals surface area contributed by atoms with E-state index < -0.39 is 59.0 Å². The summed E-state index contributed by atoms with van der Waals surface area (Å²) in [7, 11) is 19.2. The Morgan fingerprint density at radius 1 is 0.906 bits per heavy atom. The van der Waals surface area contributed by atoms with Crippen LogP contribution in [0.25, 0.3) is 5.57 Å². The van der Waals surface area contributed by atoms with E-state index in [4.69, 9.17) is 23.5 Å². The first-order chi connectivity index (χ1) is 14.4. The second-order valence-corrected chi connectivity index (χ2v) is 7.83. The van der Waals surface area contributed by atoms with Crippen LogP contribution in [0.3, 0.4) is 0 Å². The molecule has 0 amide bonds. The van der Waals surface area contributed by atoms with Crippen molar-refractivity contribution in [3.63, 3.8) is 0 Å². The van der Waals surface area contributed by atoms with Gasteiger partial charge in [0, 0.05) is 19.7 Å². The van der Waals surface area contributed by atoms with E-state index in [9.17, 15) is 30.7 Å². The van der Waals surface area contributed by atoms with Gasteiger partial charge < -0.3 is 9.80 Å². The molecule has 15 heteroatoms. The van der Waals surface area contributed by atoms with E-state index in [0.29, 0.717) is 9.80 Å². The lowest BCUT2D eigenvalue weighted by Crippen LogP contribution is -2.44. The molecule has 0 spiro atoms. The molecule has 0 bridgehead atoms. The summed E-state index contributed by atoms with van der Waals surface area (Å²) in [6.45, 7) is 1.64. The molecule has 0 saturated carbocycles. The molecule has 1 aliphatic rings. The summed E-state index contributed by atoms with van der Waals surface area (Å²) in [5, 5.41) is -1.59. The van der Waals surface area contributed by atoms with Crippen molar-refractivity contribution in [3.8, 4) is 0 Å². The normalized spacial score (nSPS) is 21.3. The minimum atomic E-state index is -4.69. The molecule has 32 heavy (non-hydrogen) atoms. The molecule has 1 heterocycles. The maximum Gasteiger partial charge on any atom is 0.408 e. The zero-order chi connectivity index (χ0) is 24.8. The van der Waals surface area contributed by atoms with Gasteiger partial charge in [0.2, 0.25) is 11.9 Å². The largest absolute Gasteiger partial charge is 0.408 e. The molecule has 0 unspecified atom stereocenters. The van der Waals surface area contributed by atoms with Crippen molar-refractivity contribution in [2.75, 3.05) is 23.9 Å². The van der Waals surface area contributed by atoms with Crippen molar-refractivity contribution in [1.29, 1.82) is 0 Å². The van der Waals surface area contributed by atoms with E-state index >= 15 is 0 Å². The van der Waals surface area contributed by atoms with Crippen molar-refractivity contribution in [3.05, 3.63) is 11.7 Å². The average molecular weight is 459 g/mol. The maximum absolute atomic E-state index is 14.9. The van der Waals surface area contributed by atoms with Crippen LogP contribution in [-0.4, -0.2) is 77.0 Å². The zero-order valence-electron chi connectivity index (χ0n) is 17.8. The monoisotopic (exact) mass is 459 g/mol. The summed E-state index contributed by atoms with van der Waals surface area (Å²) in [5.74, 6) is -4.10. The number of hydrogen-bond acceptors (Lipinski definition) is 5. The molecule has 6 radical (unpaired) electrons. The molecule has 170 valence electrons. The first-order valence-electron chi connectivity index (χ1n) is 9.45. The van der Waals surface area contributed by atoms with Crippen LogP contribution >= 0.6 is 0 Å². The number of rotatable bonds is 5. The fourth-order valence-electron chi connectivity index (χ4n) is 2.85. The summed E-state index contributed by atoms with van der Waals surface area (Å²) in [5.41, 5.74) is -0.213. The van der Waals surface area contributed by atoms with E-state index in [-0.39, 0.29) is 18.4 Å². The number of anilines is 2. The molecule has 0 fully saturated rings. The van der Waals surface area contributed by atoms with Crippen LogP contribution in [0.2, 0.25) is 11.0 Å². The third kappa shape index (κ3) is 5.33. The summed E-state index contributed by atoms with van der Waals surface area (Å²) < 4.78 is 94.1. The van der Waals surface area contributed by atoms with Crippen molar-refractivity contribution in [2.24, 2.45) is 0 Å². The molecule has 0 N–H and O–H groups in total. The second kappa shape index (κ2) is 8.77. The molecule has 5 nitrogen and oxygen atoms in total. The number of hydrogen-bond donors (Lipinski definition) is 0. The Labute approximate surface area is 185 Å². The molecule has 1 aromatic rings. The van der Waals surface area contributed by atoms with Crippen LogP contribution in [0.15, 0.2) is 5.83 Å². The Morgan fingerprint density at radius 3 is 1.69 bits per heavy atom. The molecular formula is C17H19B3F7N5. The lowest BCUT2D eigenvalue weighted by atomic mass is 9.40. The first-order valence-corrected chi connectivity index (χ1v) is 9.45. The highest BCUT2D eigenvalue weighted by Gasteiger charge is 2.42. The number of nitrogens with zero attached hydrogens (tertiary/aromatic N) is 5. The SMILES string of the molecule is [B][C@H]1C(F)=C(c2nc(N(C)[C@H](C)C(F)(F)F)nc(N(C)[C@H](C)C(F)(F)F)n2)CCC1([B])[B]. The number of alkyl halides is 6. The highest BCUT2D eigenvalue weighted by molar-refractivity contribution is 6.44. The minimum absolute atomic E-state index is 0.0170. The van der Waals surface area contributed by atoms with Gasteiger partial charge in [-0.3, -0.25) is 0 Å². The smallest absolute Gasteiger partial charge is 0.332 e. The van der Waals surface area contributed by atoms with Crippen LogP contribution < -0.4 is 9.80 Å². The number of halogens is 7. The molecule has 0 aliphatic heterocycles. The van der Waals surface area contributed by atoms with Crippen molar-refractivity contribution < 1.29 is 30.7 Å². The highest BCUT2D eigenvalue weighted by atomic mass is 19.4. The third-order valence-corrected chi connectivity index (χ3v) is 5.57. The Kier molecular flexibility index (Phi) is 7.21. The average Bonchev–Trinajstić information content (AvgIpc) is 2.68. The van der Waals surface area contributed by atoms with E-state index in [1.54, 1.807) is 0 Å². The van der Waals surface area contributed by atoms with Crippen molar-refractivity contribution >= 4 is 41.0 Å². The van der Waals surface area contributed by atoms with Gasteiger partial charge >= 0.3 is 12.4 Å². The lowest BCUT2D eigenvalue weighted by molar-refractivity contribution is -0.144.